The van der Waals surface area contributed by atoms with E-state index in [-0.39, 0.29) is 6.42 Å². The van der Waals surface area contributed by atoms with Crippen molar-refractivity contribution < 1.29 is 14.6 Å². The van der Waals surface area contributed by atoms with Crippen molar-refractivity contribution in [3.63, 3.8) is 0 Å². The number of rotatable bonds is 12. The minimum absolute atomic E-state index is 0.0989. The first-order valence-corrected chi connectivity index (χ1v) is 9.59. The second kappa shape index (κ2) is 11.3. The van der Waals surface area contributed by atoms with E-state index < -0.39 is 5.97 Å². The Morgan fingerprint density at radius 2 is 1.73 bits per heavy atom. The number of hydrogen-bond donors (Lipinski definition) is 1. The average Bonchev–Trinajstić information content (AvgIpc) is 2.66. The number of aromatic nitrogens is 1. The van der Waals surface area contributed by atoms with Gasteiger partial charge in [0.05, 0.1) is 13.0 Å². The van der Waals surface area contributed by atoms with E-state index in [2.05, 4.69) is 11.9 Å². The van der Waals surface area contributed by atoms with Crippen molar-refractivity contribution in [3.8, 4) is 16.9 Å². The number of benzene rings is 1. The first-order valence-electron chi connectivity index (χ1n) is 9.59. The van der Waals surface area contributed by atoms with E-state index in [1.54, 1.807) is 6.20 Å². The summed E-state index contributed by atoms with van der Waals surface area (Å²) < 4.78 is 5.81. The molecular weight excluding hydrogens is 326 g/mol. The minimum atomic E-state index is -0.802. The lowest BCUT2D eigenvalue weighted by atomic mass is 10.0. The molecule has 0 saturated carbocycles. The summed E-state index contributed by atoms with van der Waals surface area (Å²) in [5.41, 5.74) is 2.92. The van der Waals surface area contributed by atoms with Gasteiger partial charge in [0.2, 0.25) is 0 Å². The van der Waals surface area contributed by atoms with Gasteiger partial charge < -0.3 is 9.84 Å². The molecule has 1 N–H and O–H groups in total. The fourth-order valence-electron chi connectivity index (χ4n) is 2.85. The molecular formula is C22H29NO3. The van der Waals surface area contributed by atoms with E-state index in [4.69, 9.17) is 9.84 Å². The van der Waals surface area contributed by atoms with Gasteiger partial charge in [0, 0.05) is 18.3 Å². The molecule has 0 spiro atoms. The predicted molar refractivity (Wildman–Crippen MR) is 105 cm³/mol. The second-order valence-electron chi connectivity index (χ2n) is 6.57. The van der Waals surface area contributed by atoms with E-state index in [1.165, 1.54) is 32.1 Å². The average molecular weight is 355 g/mol. The van der Waals surface area contributed by atoms with E-state index in [9.17, 15) is 4.79 Å². The Balaban J connectivity index is 1.81. The van der Waals surface area contributed by atoms with Gasteiger partial charge in [-0.3, -0.25) is 9.78 Å². The fraction of sp³-hybridized carbons (Fsp3) is 0.455. The van der Waals surface area contributed by atoms with Gasteiger partial charge in [-0.15, -0.1) is 0 Å². The molecule has 2 aromatic rings. The van der Waals surface area contributed by atoms with Gasteiger partial charge in [0.25, 0.3) is 0 Å². The molecule has 0 saturated heterocycles. The molecule has 0 aliphatic carbocycles. The number of carboxylic acids is 1. The van der Waals surface area contributed by atoms with Gasteiger partial charge in [0.1, 0.15) is 5.75 Å². The maximum absolute atomic E-state index is 10.7. The molecule has 26 heavy (non-hydrogen) atoms. The molecule has 1 aromatic heterocycles. The number of ether oxygens (including phenoxy) is 1. The summed E-state index contributed by atoms with van der Waals surface area (Å²) in [5.74, 6) is 0.0894. The van der Waals surface area contributed by atoms with Crippen molar-refractivity contribution >= 4 is 5.97 Å². The molecule has 0 unspecified atom stereocenters. The number of nitrogens with zero attached hydrogens (tertiary/aromatic N) is 1. The highest BCUT2D eigenvalue weighted by Crippen LogP contribution is 2.23. The molecule has 0 aliphatic rings. The van der Waals surface area contributed by atoms with Crippen LogP contribution in [0.25, 0.3) is 11.1 Å². The maximum Gasteiger partial charge on any atom is 0.303 e. The first-order chi connectivity index (χ1) is 12.7. The molecule has 0 bridgehead atoms. The van der Waals surface area contributed by atoms with E-state index in [0.717, 1.165) is 35.6 Å². The highest BCUT2D eigenvalue weighted by molar-refractivity contribution is 5.67. The quantitative estimate of drug-likeness (QED) is 0.510. The maximum atomic E-state index is 10.7. The second-order valence-corrected chi connectivity index (χ2v) is 6.57. The molecule has 0 radical (unpaired) electrons. The molecule has 2 rings (SSSR count). The molecule has 0 aliphatic heterocycles. The van der Waals surface area contributed by atoms with Crippen LogP contribution >= 0.6 is 0 Å². The largest absolute Gasteiger partial charge is 0.494 e. The standard InChI is InChI=1S/C22H29NO3/c1-2-3-4-5-6-7-16-26-21-11-8-18(9-12-21)19-14-15-23-20(17-19)10-13-22(24)25/h8-9,11-12,14-15,17H,2-7,10,13,16H2,1H3,(H,24,25). The number of carbonyl (C=O) groups is 1. The van der Waals surface area contributed by atoms with Crippen molar-refractivity contribution in [1.29, 1.82) is 0 Å². The van der Waals surface area contributed by atoms with Crippen LogP contribution in [0.4, 0.5) is 0 Å². The molecule has 1 aromatic carbocycles. The Hall–Kier alpha value is -2.36. The third kappa shape index (κ3) is 7.26. The summed E-state index contributed by atoms with van der Waals surface area (Å²) in [6, 6.07) is 11.9. The lowest BCUT2D eigenvalue weighted by Gasteiger charge is -2.08. The van der Waals surface area contributed by atoms with Crippen LogP contribution < -0.4 is 4.74 Å². The van der Waals surface area contributed by atoms with Crippen LogP contribution in [0.5, 0.6) is 5.75 Å². The van der Waals surface area contributed by atoms with Crippen molar-refractivity contribution in [1.82, 2.24) is 4.98 Å². The Bertz CT molecular complexity index is 667. The third-order valence-corrected chi connectivity index (χ3v) is 4.37. The van der Waals surface area contributed by atoms with Gasteiger partial charge in [-0.1, -0.05) is 51.2 Å². The van der Waals surface area contributed by atoms with Crippen molar-refractivity contribution in [2.24, 2.45) is 0 Å². The zero-order chi connectivity index (χ0) is 18.6. The van der Waals surface area contributed by atoms with E-state index in [1.807, 2.05) is 36.4 Å². The first kappa shape index (κ1) is 20.0. The molecule has 4 heteroatoms. The van der Waals surface area contributed by atoms with Gasteiger partial charge in [-0.25, -0.2) is 0 Å². The Labute approximate surface area is 156 Å². The van der Waals surface area contributed by atoms with Gasteiger partial charge in [0.15, 0.2) is 0 Å². The summed E-state index contributed by atoms with van der Waals surface area (Å²) >= 11 is 0. The van der Waals surface area contributed by atoms with Crippen LogP contribution in [0.2, 0.25) is 0 Å². The summed E-state index contributed by atoms with van der Waals surface area (Å²) in [4.78, 5) is 14.9. The van der Waals surface area contributed by atoms with E-state index in [0.29, 0.717) is 6.42 Å². The zero-order valence-electron chi connectivity index (χ0n) is 15.6. The summed E-state index contributed by atoms with van der Waals surface area (Å²) in [6.45, 7) is 3.00. The molecule has 4 nitrogen and oxygen atoms in total. The van der Waals surface area contributed by atoms with Gasteiger partial charge in [-0.2, -0.15) is 0 Å². The smallest absolute Gasteiger partial charge is 0.303 e. The summed E-state index contributed by atoms with van der Waals surface area (Å²) in [7, 11) is 0. The lowest BCUT2D eigenvalue weighted by Crippen LogP contribution is -1.99. The van der Waals surface area contributed by atoms with Crippen LogP contribution in [0, 0.1) is 0 Å². The van der Waals surface area contributed by atoms with Crippen LogP contribution in [-0.4, -0.2) is 22.7 Å². The number of unbranched alkanes of at least 4 members (excludes halogenated alkanes) is 5. The summed E-state index contributed by atoms with van der Waals surface area (Å²) in [6.07, 6.45) is 9.83. The molecule has 0 amide bonds. The Kier molecular flexibility index (Phi) is 8.67. The monoisotopic (exact) mass is 355 g/mol. The number of carboxylic acid groups (broad SMARTS) is 1. The van der Waals surface area contributed by atoms with Crippen molar-refractivity contribution in [3.05, 3.63) is 48.3 Å². The van der Waals surface area contributed by atoms with Crippen LogP contribution in [0.15, 0.2) is 42.6 Å². The molecule has 140 valence electrons. The Morgan fingerprint density at radius 1 is 1.00 bits per heavy atom. The highest BCUT2D eigenvalue weighted by atomic mass is 16.5. The van der Waals surface area contributed by atoms with Gasteiger partial charge in [-0.05, 0) is 41.8 Å². The Morgan fingerprint density at radius 3 is 2.46 bits per heavy atom. The SMILES string of the molecule is CCCCCCCCOc1ccc(-c2ccnc(CCC(=O)O)c2)cc1. The minimum Gasteiger partial charge on any atom is -0.494 e. The normalized spacial score (nSPS) is 10.7. The van der Waals surface area contributed by atoms with Crippen LogP contribution in [0.3, 0.4) is 0 Å². The van der Waals surface area contributed by atoms with Gasteiger partial charge >= 0.3 is 5.97 Å². The lowest BCUT2D eigenvalue weighted by molar-refractivity contribution is -0.136. The van der Waals surface area contributed by atoms with Crippen LogP contribution in [-0.2, 0) is 11.2 Å². The molecule has 1 heterocycles. The van der Waals surface area contributed by atoms with Crippen LogP contribution in [0.1, 0.15) is 57.6 Å². The zero-order valence-corrected chi connectivity index (χ0v) is 15.6. The third-order valence-electron chi connectivity index (χ3n) is 4.37. The summed E-state index contributed by atoms with van der Waals surface area (Å²) in [5, 5.41) is 8.79. The molecule has 0 atom stereocenters. The topological polar surface area (TPSA) is 59.4 Å². The van der Waals surface area contributed by atoms with Crippen molar-refractivity contribution in [2.75, 3.05) is 6.61 Å². The molecule has 0 fully saturated rings. The fourth-order valence-corrected chi connectivity index (χ4v) is 2.85. The van der Waals surface area contributed by atoms with E-state index >= 15 is 0 Å². The predicted octanol–water partition coefficient (Wildman–Crippen LogP) is 5.51. The number of aryl methyl sites for hydroxylation is 1. The number of pyridine rings is 1. The number of aliphatic carboxylic acids is 1. The van der Waals surface area contributed by atoms with Crippen molar-refractivity contribution in [2.45, 2.75) is 58.3 Å². The highest BCUT2D eigenvalue weighted by Gasteiger charge is 2.04. The number of hydrogen-bond acceptors (Lipinski definition) is 3.